The van der Waals surface area contributed by atoms with Gasteiger partial charge in [-0.3, -0.25) is 4.79 Å². The van der Waals surface area contributed by atoms with Crippen molar-refractivity contribution in [3.05, 3.63) is 70.2 Å². The van der Waals surface area contributed by atoms with Gasteiger partial charge in [0.2, 0.25) is 0 Å². The summed E-state index contributed by atoms with van der Waals surface area (Å²) in [5.41, 5.74) is 1.35. The van der Waals surface area contributed by atoms with Crippen LogP contribution in [0.15, 0.2) is 58.8 Å². The third-order valence-electron chi connectivity index (χ3n) is 3.85. The smallest absolute Gasteiger partial charge is 0.387 e. The highest BCUT2D eigenvalue weighted by atomic mass is 32.2. The first-order valence-electron chi connectivity index (χ1n) is 9.05. The number of nitrogens with zero attached hydrogens (tertiary/aromatic N) is 1. The molecule has 1 aromatic heterocycles. The molecule has 10 heteroatoms. The predicted octanol–water partition coefficient (Wildman–Crippen LogP) is 5.14. The van der Waals surface area contributed by atoms with Crippen molar-refractivity contribution in [2.75, 3.05) is 11.9 Å². The number of carbonyl (C=O) groups excluding carboxylic acids is 2. The van der Waals surface area contributed by atoms with E-state index in [0.29, 0.717) is 5.56 Å². The number of carbonyl (C=O) groups is 2. The molecule has 3 aromatic rings. The summed E-state index contributed by atoms with van der Waals surface area (Å²) in [7, 11) is 0. The molecule has 0 aliphatic heterocycles. The number of ether oxygens (including phenoxy) is 2. The second-order valence-corrected chi connectivity index (χ2v) is 8.28. The van der Waals surface area contributed by atoms with Crippen molar-refractivity contribution in [3.63, 3.8) is 0 Å². The van der Waals surface area contributed by atoms with E-state index in [4.69, 9.17) is 4.74 Å². The van der Waals surface area contributed by atoms with E-state index >= 15 is 0 Å². The highest BCUT2D eigenvalue weighted by Gasteiger charge is 2.14. The summed E-state index contributed by atoms with van der Waals surface area (Å²) in [6.07, 6.45) is 0. The Morgan fingerprint density at radius 2 is 1.90 bits per heavy atom. The SMILES string of the molecule is Cc1nc(CSc2ccc(C(=O)OCC(=O)Nc3ccccc3OC(F)F)cc2)cs1. The number of rotatable bonds is 9. The van der Waals surface area contributed by atoms with Crippen LogP contribution in [0.5, 0.6) is 5.75 Å². The number of hydrogen-bond donors (Lipinski definition) is 1. The van der Waals surface area contributed by atoms with E-state index in [-0.39, 0.29) is 11.4 Å². The number of anilines is 1. The van der Waals surface area contributed by atoms with Gasteiger partial charge in [0.1, 0.15) is 5.75 Å². The lowest BCUT2D eigenvalue weighted by molar-refractivity contribution is -0.119. The number of aromatic nitrogens is 1. The fourth-order valence-electron chi connectivity index (χ4n) is 2.49. The number of aryl methyl sites for hydroxylation is 1. The van der Waals surface area contributed by atoms with Gasteiger partial charge in [0, 0.05) is 16.0 Å². The standard InChI is InChI=1S/C21H18F2N2O4S2/c1-13-24-15(11-30-13)12-31-16-8-6-14(7-9-16)20(27)28-10-19(26)25-17-4-2-3-5-18(17)29-21(22)23/h2-9,11,21H,10,12H2,1H3,(H,25,26). The molecule has 1 heterocycles. The number of hydrogen-bond acceptors (Lipinski definition) is 7. The highest BCUT2D eigenvalue weighted by Crippen LogP contribution is 2.26. The Kier molecular flexibility index (Phi) is 7.96. The Balaban J connectivity index is 1.48. The first-order chi connectivity index (χ1) is 14.9. The highest BCUT2D eigenvalue weighted by molar-refractivity contribution is 7.98. The Morgan fingerprint density at radius 1 is 1.16 bits per heavy atom. The monoisotopic (exact) mass is 464 g/mol. The molecule has 0 fully saturated rings. The second-order valence-electron chi connectivity index (χ2n) is 6.17. The number of thiazole rings is 1. The van der Waals surface area contributed by atoms with Crippen molar-refractivity contribution in [2.24, 2.45) is 0 Å². The lowest BCUT2D eigenvalue weighted by atomic mass is 10.2. The van der Waals surface area contributed by atoms with E-state index in [1.165, 1.54) is 18.2 Å². The van der Waals surface area contributed by atoms with Crippen LogP contribution in [0.2, 0.25) is 0 Å². The fourth-order valence-corrected chi connectivity index (χ4v) is 4.00. The molecule has 0 spiro atoms. The zero-order valence-corrected chi connectivity index (χ0v) is 18.0. The van der Waals surface area contributed by atoms with E-state index in [1.807, 2.05) is 12.3 Å². The first-order valence-corrected chi connectivity index (χ1v) is 10.9. The number of alkyl halides is 2. The van der Waals surface area contributed by atoms with Gasteiger partial charge in [-0.05, 0) is 43.3 Å². The summed E-state index contributed by atoms with van der Waals surface area (Å²) in [5, 5.41) is 5.41. The van der Waals surface area contributed by atoms with E-state index in [9.17, 15) is 18.4 Å². The van der Waals surface area contributed by atoms with Gasteiger partial charge in [-0.2, -0.15) is 8.78 Å². The van der Waals surface area contributed by atoms with Crippen LogP contribution >= 0.6 is 23.1 Å². The minimum atomic E-state index is -3.03. The average molecular weight is 465 g/mol. The number of esters is 1. The Bertz CT molecular complexity index is 1040. The third-order valence-corrected chi connectivity index (χ3v) is 5.72. The van der Waals surface area contributed by atoms with Crippen LogP contribution in [0.3, 0.4) is 0 Å². The van der Waals surface area contributed by atoms with Crippen LogP contribution in [0, 0.1) is 6.92 Å². The summed E-state index contributed by atoms with van der Waals surface area (Å²) >= 11 is 3.19. The molecule has 0 saturated carbocycles. The van der Waals surface area contributed by atoms with E-state index in [2.05, 4.69) is 15.0 Å². The van der Waals surface area contributed by atoms with E-state index in [0.717, 1.165) is 21.3 Å². The summed E-state index contributed by atoms with van der Waals surface area (Å²) in [6, 6.07) is 12.5. The van der Waals surface area contributed by atoms with Crippen molar-refractivity contribution in [2.45, 2.75) is 24.2 Å². The molecule has 0 saturated heterocycles. The number of amides is 1. The average Bonchev–Trinajstić information content (AvgIpc) is 3.17. The molecular weight excluding hydrogens is 446 g/mol. The molecule has 1 N–H and O–H groups in total. The fraction of sp³-hybridized carbons (Fsp3) is 0.190. The van der Waals surface area contributed by atoms with E-state index < -0.39 is 25.1 Å². The molecule has 31 heavy (non-hydrogen) atoms. The van der Waals surface area contributed by atoms with Crippen LogP contribution in [-0.4, -0.2) is 30.1 Å². The van der Waals surface area contributed by atoms with Crippen LogP contribution in [0.1, 0.15) is 21.1 Å². The van der Waals surface area contributed by atoms with Crippen LogP contribution < -0.4 is 10.1 Å². The van der Waals surface area contributed by atoms with Gasteiger partial charge in [0.15, 0.2) is 6.61 Å². The molecule has 0 aliphatic carbocycles. The maximum Gasteiger partial charge on any atom is 0.387 e. The van der Waals surface area contributed by atoms with Crippen LogP contribution in [-0.2, 0) is 15.3 Å². The van der Waals surface area contributed by atoms with Crippen LogP contribution in [0.25, 0.3) is 0 Å². The van der Waals surface area contributed by atoms with Gasteiger partial charge < -0.3 is 14.8 Å². The minimum absolute atomic E-state index is 0.0560. The zero-order valence-electron chi connectivity index (χ0n) is 16.3. The molecular formula is C21H18F2N2O4S2. The Hall–Kier alpha value is -2.98. The summed E-state index contributed by atoms with van der Waals surface area (Å²) in [6.45, 7) is -1.64. The van der Waals surface area contributed by atoms with Crippen LogP contribution in [0.4, 0.5) is 14.5 Å². The topological polar surface area (TPSA) is 77.5 Å². The van der Waals surface area contributed by atoms with Gasteiger partial charge in [-0.15, -0.1) is 23.1 Å². The van der Waals surface area contributed by atoms with Gasteiger partial charge in [0.05, 0.1) is 22.0 Å². The van der Waals surface area contributed by atoms with Crippen molar-refractivity contribution in [1.29, 1.82) is 0 Å². The summed E-state index contributed by atoms with van der Waals surface area (Å²) < 4.78 is 34.2. The maximum atomic E-state index is 12.4. The lowest BCUT2D eigenvalue weighted by Gasteiger charge is -2.11. The number of benzene rings is 2. The maximum absolute atomic E-state index is 12.4. The molecule has 2 aromatic carbocycles. The molecule has 1 amide bonds. The lowest BCUT2D eigenvalue weighted by Crippen LogP contribution is -2.21. The zero-order chi connectivity index (χ0) is 22.2. The quantitative estimate of drug-likeness (QED) is 0.349. The Labute approximate surface area is 185 Å². The molecule has 0 radical (unpaired) electrons. The van der Waals surface area contributed by atoms with Crippen molar-refractivity contribution >= 4 is 40.7 Å². The largest absolute Gasteiger partial charge is 0.452 e. The Morgan fingerprint density at radius 3 is 2.58 bits per heavy atom. The van der Waals surface area contributed by atoms with Crippen molar-refractivity contribution in [1.82, 2.24) is 4.98 Å². The minimum Gasteiger partial charge on any atom is -0.452 e. The number of halogens is 2. The van der Waals surface area contributed by atoms with Gasteiger partial charge in [-0.1, -0.05) is 12.1 Å². The molecule has 6 nitrogen and oxygen atoms in total. The normalized spacial score (nSPS) is 10.7. The van der Waals surface area contributed by atoms with Crippen molar-refractivity contribution < 1.29 is 27.8 Å². The molecule has 0 bridgehead atoms. The van der Waals surface area contributed by atoms with Crippen molar-refractivity contribution in [3.8, 4) is 5.75 Å². The number of nitrogens with one attached hydrogen (secondary N) is 1. The molecule has 162 valence electrons. The predicted molar refractivity (Wildman–Crippen MR) is 115 cm³/mol. The van der Waals surface area contributed by atoms with Gasteiger partial charge in [-0.25, -0.2) is 9.78 Å². The molecule has 0 atom stereocenters. The molecule has 0 aliphatic rings. The van der Waals surface area contributed by atoms with Gasteiger partial charge >= 0.3 is 12.6 Å². The van der Waals surface area contributed by atoms with Gasteiger partial charge in [0.25, 0.3) is 5.91 Å². The molecule has 0 unspecified atom stereocenters. The summed E-state index contributed by atoms with van der Waals surface area (Å²) in [5.74, 6) is -0.799. The van der Waals surface area contributed by atoms with E-state index in [1.54, 1.807) is 53.4 Å². The second kappa shape index (κ2) is 10.9. The number of para-hydroxylation sites is 2. The third kappa shape index (κ3) is 7.04. The first kappa shape index (κ1) is 22.7. The summed E-state index contributed by atoms with van der Waals surface area (Å²) in [4.78, 5) is 29.6. The number of thioether (sulfide) groups is 1. The molecule has 3 rings (SSSR count).